The molecule has 5 heteroatoms. The normalized spacial score (nSPS) is 12.7. The van der Waals surface area contributed by atoms with Crippen molar-refractivity contribution in [3.8, 4) is 0 Å². The first kappa shape index (κ1) is 18.8. The van der Waals surface area contributed by atoms with Crippen molar-refractivity contribution in [3.63, 3.8) is 0 Å². The largest absolute Gasteiger partial charge is 0 e. The van der Waals surface area contributed by atoms with Crippen molar-refractivity contribution in [2.24, 2.45) is 0 Å². The summed E-state index contributed by atoms with van der Waals surface area (Å²) in [5.74, 6) is 0. The van der Waals surface area contributed by atoms with Gasteiger partial charge in [0.05, 0.1) is 0 Å². The maximum atomic E-state index is 7.29. The Morgan fingerprint density at radius 3 is 1.39 bits per heavy atom. The molecular formula is C18H14Cl3FeP. The van der Waals surface area contributed by atoms with Gasteiger partial charge >= 0.3 is 145 Å². The van der Waals surface area contributed by atoms with Gasteiger partial charge in [0, 0.05) is 17.1 Å². The van der Waals surface area contributed by atoms with Crippen LogP contribution in [-0.2, 0) is 17.1 Å². The van der Waals surface area contributed by atoms with Crippen molar-refractivity contribution in [3.05, 3.63) is 90.0 Å². The molecule has 3 aromatic rings. The number of hydrogen-bond donors (Lipinski definition) is 0. The van der Waals surface area contributed by atoms with Crippen molar-refractivity contribution in [1.82, 2.24) is 0 Å². The van der Waals surface area contributed by atoms with Crippen LogP contribution in [0.3, 0.4) is 0 Å². The minimum Gasteiger partial charge on any atom is 0 e. The summed E-state index contributed by atoms with van der Waals surface area (Å²) in [6.07, 6.45) is 0. The SMILES string of the molecule is Clc1ccccc1P(Cl)(Cl)(c1ccccc1)c1ccccc1.[Fe]. The van der Waals surface area contributed by atoms with Gasteiger partial charge in [-0.1, -0.05) is 0 Å². The standard InChI is InChI=1S/C18H14Cl3P.Fe/c19-17-13-7-8-14-18(17)22(20,21,15-9-3-1-4-10-15)16-11-5-2-6-12-16;/h1-14H;. The summed E-state index contributed by atoms with van der Waals surface area (Å²) in [7, 11) is 0. The fourth-order valence-electron chi connectivity index (χ4n) is 2.58. The van der Waals surface area contributed by atoms with Gasteiger partial charge in [0.15, 0.2) is 0 Å². The van der Waals surface area contributed by atoms with Crippen LogP contribution in [0.4, 0.5) is 0 Å². The molecule has 0 atom stereocenters. The van der Waals surface area contributed by atoms with Gasteiger partial charge in [0.25, 0.3) is 0 Å². The van der Waals surface area contributed by atoms with E-state index in [0.717, 1.165) is 15.9 Å². The van der Waals surface area contributed by atoms with Crippen LogP contribution in [0.15, 0.2) is 84.9 Å². The summed E-state index contributed by atoms with van der Waals surface area (Å²) < 4.78 is 0. The molecule has 0 unspecified atom stereocenters. The molecule has 0 saturated heterocycles. The predicted octanol–water partition coefficient (Wildman–Crippen LogP) is 5.47. The van der Waals surface area contributed by atoms with Gasteiger partial charge in [-0.3, -0.25) is 0 Å². The number of halogens is 3. The Bertz CT molecular complexity index is 748. The van der Waals surface area contributed by atoms with E-state index in [1.165, 1.54) is 0 Å². The van der Waals surface area contributed by atoms with Crippen LogP contribution in [0.1, 0.15) is 0 Å². The number of rotatable bonds is 3. The Morgan fingerprint density at radius 1 is 0.565 bits per heavy atom. The summed E-state index contributed by atoms with van der Waals surface area (Å²) in [5.41, 5.74) is 0. The van der Waals surface area contributed by atoms with Crippen LogP contribution in [0, 0.1) is 0 Å². The smallest absolute Gasteiger partial charge is 0 e. The first-order valence-electron chi connectivity index (χ1n) is 6.85. The molecule has 0 N–H and O–H groups in total. The number of benzene rings is 3. The Balaban J connectivity index is 0.00000192. The number of hydrogen-bond acceptors (Lipinski definition) is 0. The van der Waals surface area contributed by atoms with Gasteiger partial charge in [-0.25, -0.2) is 0 Å². The Labute approximate surface area is 161 Å². The van der Waals surface area contributed by atoms with Gasteiger partial charge in [-0.05, 0) is 0 Å². The minimum atomic E-state index is -3.61. The summed E-state index contributed by atoms with van der Waals surface area (Å²) >= 11 is 21.0. The minimum absolute atomic E-state index is 0. The molecule has 0 heterocycles. The third-order valence-electron chi connectivity index (χ3n) is 3.69. The average Bonchev–Trinajstić information content (AvgIpc) is 2.57. The molecule has 0 fully saturated rings. The van der Waals surface area contributed by atoms with E-state index in [1.807, 2.05) is 84.9 Å². The first-order valence-corrected chi connectivity index (χ1v) is 11.3. The zero-order valence-corrected chi connectivity index (χ0v) is 16.3. The van der Waals surface area contributed by atoms with Crippen molar-refractivity contribution in [2.75, 3.05) is 0 Å². The predicted molar refractivity (Wildman–Crippen MR) is 102 cm³/mol. The maximum absolute atomic E-state index is 7.29. The molecule has 0 radical (unpaired) electrons. The molecule has 3 aromatic carbocycles. The van der Waals surface area contributed by atoms with Gasteiger partial charge < -0.3 is 0 Å². The van der Waals surface area contributed by atoms with Gasteiger partial charge in [-0.15, -0.1) is 0 Å². The molecule has 0 nitrogen and oxygen atoms in total. The molecule has 0 bridgehead atoms. The van der Waals surface area contributed by atoms with Crippen molar-refractivity contribution >= 4 is 55.3 Å². The molecule has 0 spiro atoms. The van der Waals surface area contributed by atoms with E-state index in [1.54, 1.807) is 0 Å². The molecule has 0 aliphatic carbocycles. The Hall–Kier alpha value is -0.521. The molecular weight excluding hydrogens is 409 g/mol. The fraction of sp³-hybridized carbons (Fsp3) is 0. The van der Waals surface area contributed by atoms with Crippen LogP contribution < -0.4 is 15.9 Å². The van der Waals surface area contributed by atoms with E-state index >= 15 is 0 Å². The van der Waals surface area contributed by atoms with Crippen molar-refractivity contribution < 1.29 is 17.1 Å². The van der Waals surface area contributed by atoms with Crippen LogP contribution in [-0.4, -0.2) is 0 Å². The van der Waals surface area contributed by atoms with E-state index in [9.17, 15) is 0 Å². The Kier molecular flexibility index (Phi) is 5.85. The molecule has 0 amide bonds. The maximum Gasteiger partial charge on any atom is 0 e. The summed E-state index contributed by atoms with van der Waals surface area (Å²) in [6.45, 7) is 0. The molecule has 0 aliphatic heterocycles. The third-order valence-corrected chi connectivity index (χ3v) is 11.2. The zero-order valence-electron chi connectivity index (χ0n) is 12.0. The average molecular weight is 423 g/mol. The zero-order chi connectivity index (χ0) is 15.7. The van der Waals surface area contributed by atoms with Crippen LogP contribution in [0.25, 0.3) is 0 Å². The quantitative estimate of drug-likeness (QED) is 0.387. The monoisotopic (exact) mass is 422 g/mol. The molecule has 0 aliphatic rings. The van der Waals surface area contributed by atoms with E-state index in [0.29, 0.717) is 5.02 Å². The second-order valence-corrected chi connectivity index (χ2v) is 13.3. The first-order chi connectivity index (χ1) is 10.5. The third kappa shape index (κ3) is 3.20. The summed E-state index contributed by atoms with van der Waals surface area (Å²) in [5, 5.41) is -0.484. The van der Waals surface area contributed by atoms with Crippen molar-refractivity contribution in [1.29, 1.82) is 0 Å². The topological polar surface area (TPSA) is 0 Å². The molecule has 3 rings (SSSR count). The van der Waals surface area contributed by atoms with E-state index in [2.05, 4.69) is 0 Å². The van der Waals surface area contributed by atoms with Crippen LogP contribution in [0.2, 0.25) is 5.02 Å². The fourth-order valence-corrected chi connectivity index (χ4v) is 8.76. The van der Waals surface area contributed by atoms with E-state index < -0.39 is 5.31 Å². The van der Waals surface area contributed by atoms with E-state index in [4.69, 9.17) is 34.1 Å². The van der Waals surface area contributed by atoms with Crippen LogP contribution >= 0.6 is 39.4 Å². The van der Waals surface area contributed by atoms with Gasteiger partial charge in [0.2, 0.25) is 0 Å². The van der Waals surface area contributed by atoms with Gasteiger partial charge in [0.1, 0.15) is 0 Å². The molecule has 120 valence electrons. The van der Waals surface area contributed by atoms with Gasteiger partial charge in [-0.2, -0.15) is 0 Å². The summed E-state index contributed by atoms with van der Waals surface area (Å²) in [6, 6.07) is 27.1. The second-order valence-electron chi connectivity index (χ2n) is 5.03. The second kappa shape index (κ2) is 7.16. The van der Waals surface area contributed by atoms with E-state index in [-0.39, 0.29) is 17.1 Å². The Morgan fingerprint density at radius 2 is 0.957 bits per heavy atom. The van der Waals surface area contributed by atoms with Crippen LogP contribution in [0.5, 0.6) is 0 Å². The van der Waals surface area contributed by atoms with Crippen molar-refractivity contribution in [2.45, 2.75) is 0 Å². The molecule has 0 aromatic heterocycles. The molecule has 0 saturated carbocycles. The molecule has 23 heavy (non-hydrogen) atoms. The summed E-state index contributed by atoms with van der Waals surface area (Å²) in [4.78, 5) is 0.